The molecule has 1 aliphatic rings. The number of pyridine rings is 1. The summed E-state index contributed by atoms with van der Waals surface area (Å²) >= 11 is 0. The average Bonchev–Trinajstić information content (AvgIpc) is 3.09. The number of ether oxygens (including phenoxy) is 2. The van der Waals surface area contributed by atoms with E-state index in [1.54, 1.807) is 60.9 Å². The van der Waals surface area contributed by atoms with Crippen molar-refractivity contribution >= 4 is 17.4 Å². The third kappa shape index (κ3) is 4.50. The number of aromatic nitrogens is 1. The van der Waals surface area contributed by atoms with E-state index >= 15 is 0 Å². The molecule has 2 heterocycles. The molecule has 174 valence electrons. The quantitative estimate of drug-likeness (QED) is 0.319. The summed E-state index contributed by atoms with van der Waals surface area (Å²) in [6.07, 6.45) is 3.29. The number of para-hydroxylation sites is 1. The Labute approximate surface area is 198 Å². The van der Waals surface area contributed by atoms with Gasteiger partial charge in [0.15, 0.2) is 0 Å². The maximum absolute atomic E-state index is 13.2. The van der Waals surface area contributed by atoms with Gasteiger partial charge in [-0.1, -0.05) is 24.3 Å². The second kappa shape index (κ2) is 9.79. The normalized spacial score (nSPS) is 17.3. The summed E-state index contributed by atoms with van der Waals surface area (Å²) in [5.74, 6) is -0.540. The minimum absolute atomic E-state index is 0.00259. The molecular formula is C27H26N2O5. The number of aliphatic hydroxyl groups is 1. The molecule has 1 atom stereocenters. The van der Waals surface area contributed by atoms with Crippen LogP contribution in [0.3, 0.4) is 0 Å². The van der Waals surface area contributed by atoms with Crippen LogP contribution in [0.1, 0.15) is 36.6 Å². The van der Waals surface area contributed by atoms with E-state index < -0.39 is 17.7 Å². The highest BCUT2D eigenvalue weighted by Crippen LogP contribution is 2.43. The van der Waals surface area contributed by atoms with E-state index in [1.165, 1.54) is 12.0 Å². The molecule has 0 saturated carbocycles. The topological polar surface area (TPSA) is 89.0 Å². The summed E-state index contributed by atoms with van der Waals surface area (Å²) in [4.78, 5) is 31.9. The lowest BCUT2D eigenvalue weighted by Gasteiger charge is -2.26. The third-order valence-corrected chi connectivity index (χ3v) is 5.55. The van der Waals surface area contributed by atoms with E-state index in [2.05, 4.69) is 4.98 Å². The number of benzene rings is 2. The largest absolute Gasteiger partial charge is 0.507 e. The summed E-state index contributed by atoms with van der Waals surface area (Å²) in [7, 11) is 1.53. The molecule has 2 aromatic carbocycles. The van der Waals surface area contributed by atoms with E-state index in [0.29, 0.717) is 22.6 Å². The molecule has 0 radical (unpaired) electrons. The van der Waals surface area contributed by atoms with E-state index in [-0.39, 0.29) is 24.0 Å². The van der Waals surface area contributed by atoms with Crippen molar-refractivity contribution in [3.05, 3.63) is 95.3 Å². The van der Waals surface area contributed by atoms with Crippen molar-refractivity contribution in [2.45, 2.75) is 32.5 Å². The number of carbonyl (C=O) groups excluding carboxylic acids is 2. The first-order valence-electron chi connectivity index (χ1n) is 11.0. The Kier molecular flexibility index (Phi) is 6.63. The van der Waals surface area contributed by atoms with Gasteiger partial charge in [0.05, 0.1) is 24.8 Å². The Morgan fingerprint density at radius 2 is 1.79 bits per heavy atom. The van der Waals surface area contributed by atoms with Gasteiger partial charge in [-0.15, -0.1) is 0 Å². The van der Waals surface area contributed by atoms with Gasteiger partial charge in [0.25, 0.3) is 11.7 Å². The fraction of sp³-hybridized carbons (Fsp3) is 0.222. The summed E-state index contributed by atoms with van der Waals surface area (Å²) < 4.78 is 11.2. The molecule has 7 heteroatoms. The van der Waals surface area contributed by atoms with Crippen molar-refractivity contribution in [1.29, 1.82) is 0 Å². The van der Waals surface area contributed by atoms with Crippen molar-refractivity contribution in [2.24, 2.45) is 0 Å². The molecule has 1 N–H and O–H groups in total. The molecule has 7 nitrogen and oxygen atoms in total. The fourth-order valence-electron chi connectivity index (χ4n) is 4.07. The van der Waals surface area contributed by atoms with Crippen LogP contribution >= 0.6 is 0 Å². The predicted octanol–water partition coefficient (Wildman–Crippen LogP) is 4.50. The molecule has 3 aromatic rings. The van der Waals surface area contributed by atoms with Crippen LogP contribution in [0.25, 0.3) is 5.76 Å². The van der Waals surface area contributed by atoms with Gasteiger partial charge in [0, 0.05) is 30.1 Å². The number of Topliss-reactive ketones (excluding diaryl/α,β-unsaturated/α-hetero) is 1. The number of nitrogens with zero attached hydrogens (tertiary/aromatic N) is 2. The molecule has 0 unspecified atom stereocenters. The number of hydrogen-bond acceptors (Lipinski definition) is 6. The van der Waals surface area contributed by atoms with Gasteiger partial charge >= 0.3 is 0 Å². The lowest BCUT2D eigenvalue weighted by molar-refractivity contribution is -0.140. The van der Waals surface area contributed by atoms with Crippen molar-refractivity contribution in [1.82, 2.24) is 9.88 Å². The maximum Gasteiger partial charge on any atom is 0.295 e. The number of rotatable bonds is 7. The first-order valence-corrected chi connectivity index (χ1v) is 11.0. The minimum atomic E-state index is -0.831. The zero-order valence-electron chi connectivity index (χ0n) is 19.3. The van der Waals surface area contributed by atoms with Crippen LogP contribution in [0, 0.1) is 0 Å². The molecule has 1 fully saturated rings. The molecule has 1 aromatic heterocycles. The molecule has 1 amide bonds. The molecule has 1 saturated heterocycles. The number of likely N-dealkylation sites (tertiary alicyclic amines) is 1. The van der Waals surface area contributed by atoms with Crippen LogP contribution in [0.5, 0.6) is 11.5 Å². The average molecular weight is 459 g/mol. The molecular weight excluding hydrogens is 432 g/mol. The van der Waals surface area contributed by atoms with Gasteiger partial charge in [0.2, 0.25) is 0 Å². The Balaban J connectivity index is 1.83. The Bertz CT molecular complexity index is 1220. The van der Waals surface area contributed by atoms with E-state index in [9.17, 15) is 14.7 Å². The number of hydrogen-bond donors (Lipinski definition) is 1. The lowest BCUT2D eigenvalue weighted by atomic mass is 9.94. The van der Waals surface area contributed by atoms with Crippen LogP contribution < -0.4 is 9.47 Å². The van der Waals surface area contributed by atoms with Crippen LogP contribution in [0.2, 0.25) is 0 Å². The zero-order valence-corrected chi connectivity index (χ0v) is 19.3. The second-order valence-corrected chi connectivity index (χ2v) is 8.22. The predicted molar refractivity (Wildman–Crippen MR) is 127 cm³/mol. The summed E-state index contributed by atoms with van der Waals surface area (Å²) in [5.41, 5.74) is 1.79. The summed E-state index contributed by atoms with van der Waals surface area (Å²) in [6, 6.07) is 16.7. The van der Waals surface area contributed by atoms with Crippen molar-refractivity contribution in [3.8, 4) is 11.5 Å². The monoisotopic (exact) mass is 458 g/mol. The van der Waals surface area contributed by atoms with Gasteiger partial charge in [-0.3, -0.25) is 14.6 Å². The summed E-state index contributed by atoms with van der Waals surface area (Å²) in [6.45, 7) is 3.99. The Hall–Kier alpha value is -4.13. The highest BCUT2D eigenvalue weighted by atomic mass is 16.5. The van der Waals surface area contributed by atoms with Gasteiger partial charge in [-0.25, -0.2) is 0 Å². The Morgan fingerprint density at radius 1 is 1.06 bits per heavy atom. The number of amides is 1. The molecule has 34 heavy (non-hydrogen) atoms. The van der Waals surface area contributed by atoms with Crippen LogP contribution in [-0.2, 0) is 16.1 Å². The van der Waals surface area contributed by atoms with Gasteiger partial charge in [-0.2, -0.15) is 0 Å². The molecule has 0 aliphatic carbocycles. The molecule has 0 bridgehead atoms. The van der Waals surface area contributed by atoms with Crippen LogP contribution in [0.4, 0.5) is 0 Å². The fourth-order valence-corrected chi connectivity index (χ4v) is 4.07. The number of carbonyl (C=O) groups is 2. The molecule has 4 rings (SSSR count). The van der Waals surface area contributed by atoms with Gasteiger partial charge < -0.3 is 19.5 Å². The highest BCUT2D eigenvalue weighted by molar-refractivity contribution is 6.46. The second-order valence-electron chi connectivity index (χ2n) is 8.22. The van der Waals surface area contributed by atoms with Gasteiger partial charge in [-0.05, 0) is 55.8 Å². The standard InChI is InChI=1S/C27H26N2O5/c1-17(2)34-20-12-10-19(11-13-20)25(30)23-24(21-8-4-5-9-22(21)33-3)29(27(32)26(23)31)16-18-7-6-14-28-15-18/h4-15,17,24,30H,16H2,1-3H3/b25-23+/t24-/m1/s1. The minimum Gasteiger partial charge on any atom is -0.507 e. The molecule has 1 aliphatic heterocycles. The van der Waals surface area contributed by atoms with Gasteiger partial charge in [0.1, 0.15) is 17.3 Å². The van der Waals surface area contributed by atoms with Crippen LogP contribution in [0.15, 0.2) is 78.6 Å². The number of ketones is 1. The first-order chi connectivity index (χ1) is 16.4. The highest BCUT2D eigenvalue weighted by Gasteiger charge is 2.47. The first kappa shape index (κ1) is 23.0. The number of aliphatic hydroxyl groups excluding tert-OH is 1. The van der Waals surface area contributed by atoms with E-state index in [0.717, 1.165) is 5.56 Å². The smallest absolute Gasteiger partial charge is 0.295 e. The molecule has 0 spiro atoms. The summed E-state index contributed by atoms with van der Waals surface area (Å²) in [5, 5.41) is 11.2. The van der Waals surface area contributed by atoms with Crippen molar-refractivity contribution in [3.63, 3.8) is 0 Å². The van der Waals surface area contributed by atoms with Crippen LogP contribution in [-0.4, -0.2) is 39.9 Å². The maximum atomic E-state index is 13.2. The zero-order chi connectivity index (χ0) is 24.2. The van der Waals surface area contributed by atoms with E-state index in [4.69, 9.17) is 9.47 Å². The Morgan fingerprint density at radius 3 is 2.44 bits per heavy atom. The van der Waals surface area contributed by atoms with Crippen molar-refractivity contribution in [2.75, 3.05) is 7.11 Å². The van der Waals surface area contributed by atoms with E-state index in [1.807, 2.05) is 26.0 Å². The SMILES string of the molecule is COc1ccccc1[C@@H]1/C(=C(\O)c2ccc(OC(C)C)cc2)C(=O)C(=O)N1Cc1cccnc1. The lowest BCUT2D eigenvalue weighted by Crippen LogP contribution is -2.29. The van der Waals surface area contributed by atoms with Crippen molar-refractivity contribution < 1.29 is 24.2 Å². The third-order valence-electron chi connectivity index (χ3n) is 5.55. The number of methoxy groups -OCH3 is 1.